The van der Waals surface area contributed by atoms with E-state index >= 15 is 0 Å². The lowest BCUT2D eigenvalue weighted by Crippen LogP contribution is -2.24. The largest absolute Gasteiger partial charge is 0.496 e. The summed E-state index contributed by atoms with van der Waals surface area (Å²) in [5, 5.41) is 8.98. The third-order valence-electron chi connectivity index (χ3n) is 3.88. The Hall–Kier alpha value is -1.71. The van der Waals surface area contributed by atoms with Crippen LogP contribution in [0.3, 0.4) is 0 Å². The molecule has 1 aliphatic carbocycles. The van der Waals surface area contributed by atoms with Gasteiger partial charge in [-0.3, -0.25) is 4.79 Å². The Bertz CT molecular complexity index is 484. The predicted octanol–water partition coefficient (Wildman–Crippen LogP) is 2.22. The van der Waals surface area contributed by atoms with Crippen LogP contribution in [0.4, 0.5) is 5.69 Å². The lowest BCUT2D eigenvalue weighted by Gasteiger charge is -2.23. The van der Waals surface area contributed by atoms with Crippen molar-refractivity contribution >= 4 is 11.7 Å². The molecule has 2 rings (SSSR count). The Kier molecular flexibility index (Phi) is 3.20. The van der Waals surface area contributed by atoms with Crippen molar-refractivity contribution in [3.63, 3.8) is 0 Å². The molecule has 2 unspecified atom stereocenters. The summed E-state index contributed by atoms with van der Waals surface area (Å²) in [5.74, 6) is -0.0539. The second-order valence-electron chi connectivity index (χ2n) is 4.90. The molecule has 1 aromatic rings. The van der Waals surface area contributed by atoms with Gasteiger partial charge in [0.1, 0.15) is 5.75 Å². The van der Waals surface area contributed by atoms with E-state index < -0.39 is 5.97 Å². The van der Waals surface area contributed by atoms with Crippen LogP contribution in [0.2, 0.25) is 0 Å². The first-order valence-corrected chi connectivity index (χ1v) is 6.07. The zero-order valence-corrected chi connectivity index (χ0v) is 11.2. The van der Waals surface area contributed by atoms with Crippen LogP contribution in [-0.4, -0.2) is 31.3 Å². The Balaban J connectivity index is 2.24. The Labute approximate surface area is 107 Å². The van der Waals surface area contributed by atoms with Gasteiger partial charge in [-0.25, -0.2) is 0 Å². The number of hydrogen-bond donors (Lipinski definition) is 1. The van der Waals surface area contributed by atoms with E-state index in [9.17, 15) is 4.79 Å². The first-order valence-electron chi connectivity index (χ1n) is 6.07. The minimum absolute atomic E-state index is 0.119. The molecule has 4 heteroatoms. The van der Waals surface area contributed by atoms with Crippen molar-refractivity contribution in [1.82, 2.24) is 0 Å². The molecule has 0 amide bonds. The van der Waals surface area contributed by atoms with Gasteiger partial charge in [0, 0.05) is 18.8 Å². The van der Waals surface area contributed by atoms with E-state index in [1.807, 2.05) is 33.0 Å². The number of methoxy groups -OCH3 is 1. The van der Waals surface area contributed by atoms with Crippen LogP contribution in [0.25, 0.3) is 0 Å². The average molecular weight is 249 g/mol. The number of benzene rings is 1. The first-order chi connectivity index (χ1) is 8.47. The van der Waals surface area contributed by atoms with Gasteiger partial charge in [0.05, 0.1) is 13.0 Å². The number of carboxylic acids is 1. The maximum absolute atomic E-state index is 10.9. The standard InChI is InChI=1S/C14H19NO3/c1-8-9(2)13(18-4)6-5-11(8)15(3)12-7-10(12)14(16)17/h5-6,10,12H,7H2,1-4H3,(H,16,17). The summed E-state index contributed by atoms with van der Waals surface area (Å²) in [5.41, 5.74) is 3.34. The van der Waals surface area contributed by atoms with Crippen molar-refractivity contribution in [1.29, 1.82) is 0 Å². The summed E-state index contributed by atoms with van der Waals surface area (Å²) in [6, 6.07) is 4.05. The van der Waals surface area contributed by atoms with Gasteiger partial charge in [-0.2, -0.15) is 0 Å². The van der Waals surface area contributed by atoms with E-state index in [0.29, 0.717) is 0 Å². The van der Waals surface area contributed by atoms with Gasteiger partial charge >= 0.3 is 5.97 Å². The second-order valence-corrected chi connectivity index (χ2v) is 4.90. The van der Waals surface area contributed by atoms with Crippen LogP contribution in [-0.2, 0) is 4.79 Å². The Morgan fingerprint density at radius 1 is 1.39 bits per heavy atom. The number of nitrogens with zero attached hydrogens (tertiary/aromatic N) is 1. The summed E-state index contributed by atoms with van der Waals surface area (Å²) >= 11 is 0. The molecule has 18 heavy (non-hydrogen) atoms. The van der Waals surface area contributed by atoms with Crippen molar-refractivity contribution < 1.29 is 14.6 Å². The van der Waals surface area contributed by atoms with Crippen LogP contribution < -0.4 is 9.64 Å². The van der Waals surface area contributed by atoms with E-state index in [2.05, 4.69) is 4.90 Å². The summed E-state index contributed by atoms with van der Waals surface area (Å²) < 4.78 is 5.28. The maximum Gasteiger partial charge on any atom is 0.308 e. The zero-order valence-electron chi connectivity index (χ0n) is 11.2. The number of rotatable bonds is 4. The van der Waals surface area contributed by atoms with Crippen molar-refractivity contribution in [2.45, 2.75) is 26.3 Å². The van der Waals surface area contributed by atoms with E-state index in [0.717, 1.165) is 29.0 Å². The van der Waals surface area contributed by atoms with Gasteiger partial charge in [0.2, 0.25) is 0 Å². The second kappa shape index (κ2) is 4.52. The molecular formula is C14H19NO3. The molecule has 0 heterocycles. The molecule has 1 fully saturated rings. The van der Waals surface area contributed by atoms with Crippen molar-refractivity contribution in [3.05, 3.63) is 23.3 Å². The highest BCUT2D eigenvalue weighted by Crippen LogP contribution is 2.40. The molecule has 2 atom stereocenters. The molecule has 98 valence electrons. The molecular weight excluding hydrogens is 230 g/mol. The average Bonchev–Trinajstić information content (AvgIpc) is 3.12. The normalized spacial score (nSPS) is 21.6. The molecule has 1 N–H and O–H groups in total. The quantitative estimate of drug-likeness (QED) is 0.889. The smallest absolute Gasteiger partial charge is 0.308 e. The number of ether oxygens (including phenoxy) is 1. The highest BCUT2D eigenvalue weighted by Gasteiger charge is 2.46. The molecule has 0 spiro atoms. The lowest BCUT2D eigenvalue weighted by molar-refractivity contribution is -0.138. The molecule has 0 aromatic heterocycles. The summed E-state index contributed by atoms with van der Waals surface area (Å²) in [6.45, 7) is 4.06. The molecule has 1 saturated carbocycles. The zero-order chi connectivity index (χ0) is 13.4. The van der Waals surface area contributed by atoms with Gasteiger partial charge in [-0.15, -0.1) is 0 Å². The molecule has 0 bridgehead atoms. The molecule has 0 saturated heterocycles. The van der Waals surface area contributed by atoms with Gasteiger partial charge < -0.3 is 14.7 Å². The lowest BCUT2D eigenvalue weighted by atomic mass is 10.1. The predicted molar refractivity (Wildman–Crippen MR) is 70.4 cm³/mol. The van der Waals surface area contributed by atoms with Crippen LogP contribution in [0.1, 0.15) is 17.5 Å². The minimum atomic E-state index is -0.699. The summed E-state index contributed by atoms with van der Waals surface area (Å²) in [6.07, 6.45) is 0.732. The number of aliphatic carboxylic acids is 1. The topological polar surface area (TPSA) is 49.8 Å². The van der Waals surface area contributed by atoms with Crippen LogP contribution in [0, 0.1) is 19.8 Å². The molecule has 0 aliphatic heterocycles. The SMILES string of the molecule is COc1ccc(N(C)C2CC2C(=O)O)c(C)c1C. The van der Waals surface area contributed by atoms with Crippen molar-refractivity contribution in [2.24, 2.45) is 5.92 Å². The summed E-state index contributed by atoms with van der Waals surface area (Å²) in [7, 11) is 3.62. The first kappa shape index (κ1) is 12.7. The third kappa shape index (κ3) is 2.03. The Morgan fingerprint density at radius 2 is 2.06 bits per heavy atom. The van der Waals surface area contributed by atoms with E-state index in [1.54, 1.807) is 7.11 Å². The molecule has 4 nitrogen and oxygen atoms in total. The molecule has 1 aromatic carbocycles. The third-order valence-corrected chi connectivity index (χ3v) is 3.88. The monoisotopic (exact) mass is 249 g/mol. The van der Waals surface area contributed by atoms with Crippen LogP contribution in [0.5, 0.6) is 5.75 Å². The molecule has 0 radical (unpaired) electrons. The fourth-order valence-electron chi connectivity index (χ4n) is 2.44. The fraction of sp³-hybridized carbons (Fsp3) is 0.500. The summed E-state index contributed by atoms with van der Waals surface area (Å²) in [4.78, 5) is 13.0. The maximum atomic E-state index is 10.9. The number of carboxylic acid groups (broad SMARTS) is 1. The number of carbonyl (C=O) groups is 1. The van der Waals surface area contributed by atoms with Crippen molar-refractivity contribution in [3.8, 4) is 5.75 Å². The highest BCUT2D eigenvalue weighted by molar-refractivity contribution is 5.76. The van der Waals surface area contributed by atoms with Crippen molar-refractivity contribution in [2.75, 3.05) is 19.1 Å². The van der Waals surface area contributed by atoms with E-state index in [-0.39, 0.29) is 12.0 Å². The minimum Gasteiger partial charge on any atom is -0.496 e. The highest BCUT2D eigenvalue weighted by atomic mass is 16.5. The van der Waals surface area contributed by atoms with Crippen LogP contribution >= 0.6 is 0 Å². The van der Waals surface area contributed by atoms with Gasteiger partial charge in [0.25, 0.3) is 0 Å². The Morgan fingerprint density at radius 3 is 2.56 bits per heavy atom. The van der Waals surface area contributed by atoms with E-state index in [4.69, 9.17) is 9.84 Å². The molecule has 1 aliphatic rings. The van der Waals surface area contributed by atoms with E-state index in [1.165, 1.54) is 0 Å². The number of anilines is 1. The van der Waals surface area contributed by atoms with Gasteiger partial charge in [0.15, 0.2) is 0 Å². The van der Waals surface area contributed by atoms with Gasteiger partial charge in [-0.1, -0.05) is 0 Å². The van der Waals surface area contributed by atoms with Gasteiger partial charge in [-0.05, 0) is 43.5 Å². The number of hydrogen-bond acceptors (Lipinski definition) is 3. The van der Waals surface area contributed by atoms with Crippen LogP contribution in [0.15, 0.2) is 12.1 Å². The fourth-order valence-corrected chi connectivity index (χ4v) is 2.44.